The van der Waals surface area contributed by atoms with E-state index in [9.17, 15) is 0 Å². The lowest BCUT2D eigenvalue weighted by Gasteiger charge is -2.33. The zero-order valence-corrected chi connectivity index (χ0v) is 19.9. The smallest absolute Gasteiger partial charge is 0.223 e. The number of likely N-dealkylation sites (tertiary alicyclic amines) is 1. The highest BCUT2D eigenvalue weighted by molar-refractivity contribution is 5.65. The second kappa shape index (κ2) is 10.6. The SMILES string of the molecule is COc1ccc(OC)c(CN2CCC(c3nc(NC(C)C)ncc3-c3cccnc3)CC2)c1. The van der Waals surface area contributed by atoms with Crippen LogP contribution in [-0.4, -0.2) is 53.2 Å². The Morgan fingerprint density at radius 3 is 2.58 bits per heavy atom. The molecule has 1 saturated heterocycles. The molecule has 0 atom stereocenters. The number of ether oxygens (including phenoxy) is 2. The first-order chi connectivity index (χ1) is 16.1. The molecule has 3 heterocycles. The van der Waals surface area contributed by atoms with Crippen molar-refractivity contribution in [3.05, 3.63) is 60.2 Å². The normalized spacial score (nSPS) is 14.9. The average molecular weight is 448 g/mol. The minimum atomic E-state index is 0.279. The number of benzene rings is 1. The van der Waals surface area contributed by atoms with E-state index in [0.29, 0.717) is 11.9 Å². The molecule has 174 valence electrons. The molecule has 3 aromatic rings. The molecule has 1 aliphatic rings. The van der Waals surface area contributed by atoms with E-state index in [2.05, 4.69) is 46.2 Å². The van der Waals surface area contributed by atoms with Gasteiger partial charge in [-0.2, -0.15) is 0 Å². The molecule has 7 heteroatoms. The number of nitrogens with zero attached hydrogens (tertiary/aromatic N) is 4. The first kappa shape index (κ1) is 23.0. The zero-order valence-electron chi connectivity index (χ0n) is 19.9. The number of hydrogen-bond acceptors (Lipinski definition) is 7. The van der Waals surface area contributed by atoms with Gasteiger partial charge in [-0.25, -0.2) is 9.97 Å². The van der Waals surface area contributed by atoms with Crippen molar-refractivity contribution in [2.24, 2.45) is 0 Å². The first-order valence-corrected chi connectivity index (χ1v) is 11.5. The number of pyridine rings is 1. The summed E-state index contributed by atoms with van der Waals surface area (Å²) >= 11 is 0. The third-order valence-electron chi connectivity index (χ3n) is 6.06. The number of anilines is 1. The lowest BCUT2D eigenvalue weighted by molar-refractivity contribution is 0.201. The van der Waals surface area contributed by atoms with Crippen molar-refractivity contribution >= 4 is 5.95 Å². The van der Waals surface area contributed by atoms with Gasteiger partial charge >= 0.3 is 0 Å². The number of hydrogen-bond donors (Lipinski definition) is 1. The van der Waals surface area contributed by atoms with Gasteiger partial charge in [0.2, 0.25) is 5.95 Å². The highest BCUT2D eigenvalue weighted by atomic mass is 16.5. The highest BCUT2D eigenvalue weighted by Gasteiger charge is 2.26. The van der Waals surface area contributed by atoms with Crippen molar-refractivity contribution in [1.82, 2.24) is 19.9 Å². The van der Waals surface area contributed by atoms with Crippen molar-refractivity contribution in [3.8, 4) is 22.6 Å². The van der Waals surface area contributed by atoms with E-state index in [4.69, 9.17) is 14.5 Å². The lowest BCUT2D eigenvalue weighted by Crippen LogP contribution is -2.33. The summed E-state index contributed by atoms with van der Waals surface area (Å²) in [6, 6.07) is 10.3. The Morgan fingerprint density at radius 2 is 1.91 bits per heavy atom. The van der Waals surface area contributed by atoms with Gasteiger partial charge < -0.3 is 14.8 Å². The predicted molar refractivity (Wildman–Crippen MR) is 131 cm³/mol. The molecular formula is C26H33N5O2. The molecule has 1 aromatic carbocycles. The van der Waals surface area contributed by atoms with Crippen LogP contribution in [0.3, 0.4) is 0 Å². The van der Waals surface area contributed by atoms with Gasteiger partial charge in [-0.05, 0) is 64.0 Å². The van der Waals surface area contributed by atoms with Gasteiger partial charge in [-0.1, -0.05) is 6.07 Å². The third-order valence-corrected chi connectivity index (χ3v) is 6.06. The van der Waals surface area contributed by atoms with Crippen LogP contribution >= 0.6 is 0 Å². The van der Waals surface area contributed by atoms with Gasteiger partial charge in [0.1, 0.15) is 11.5 Å². The minimum Gasteiger partial charge on any atom is -0.497 e. The van der Waals surface area contributed by atoms with Crippen molar-refractivity contribution < 1.29 is 9.47 Å². The molecule has 0 saturated carbocycles. The molecule has 33 heavy (non-hydrogen) atoms. The number of methoxy groups -OCH3 is 2. The molecule has 4 rings (SSSR count). The molecule has 1 N–H and O–H groups in total. The van der Waals surface area contributed by atoms with Crippen LogP contribution in [0.2, 0.25) is 0 Å². The second-order valence-electron chi connectivity index (χ2n) is 8.76. The van der Waals surface area contributed by atoms with Crippen LogP contribution in [0.15, 0.2) is 48.9 Å². The van der Waals surface area contributed by atoms with E-state index in [0.717, 1.165) is 66.4 Å². The molecule has 0 spiro atoms. The molecule has 0 amide bonds. The average Bonchev–Trinajstić information content (AvgIpc) is 2.84. The van der Waals surface area contributed by atoms with Crippen LogP contribution in [0.25, 0.3) is 11.1 Å². The van der Waals surface area contributed by atoms with Crippen LogP contribution in [0.5, 0.6) is 11.5 Å². The maximum absolute atomic E-state index is 5.57. The molecular weight excluding hydrogens is 414 g/mol. The van der Waals surface area contributed by atoms with E-state index in [1.807, 2.05) is 30.6 Å². The van der Waals surface area contributed by atoms with Gasteiger partial charge in [0.05, 0.1) is 19.9 Å². The van der Waals surface area contributed by atoms with Crippen molar-refractivity contribution in [2.45, 2.75) is 45.2 Å². The van der Waals surface area contributed by atoms with Crippen molar-refractivity contribution in [2.75, 3.05) is 32.6 Å². The Bertz CT molecular complexity index is 1050. The third kappa shape index (κ3) is 5.60. The Labute approximate surface area is 196 Å². The fraction of sp³-hybridized carbons (Fsp3) is 0.423. The molecule has 0 unspecified atom stereocenters. The number of aromatic nitrogens is 3. The Morgan fingerprint density at radius 1 is 1.09 bits per heavy atom. The standard InChI is InChI=1S/C26H33N5O2/c1-18(2)29-26-28-16-23(20-6-5-11-27-15-20)25(30-26)19-9-12-31(13-10-19)17-21-14-22(32-3)7-8-24(21)33-4/h5-8,11,14-16,18-19H,9-10,12-13,17H2,1-4H3,(H,28,29,30). The molecule has 2 aromatic heterocycles. The first-order valence-electron chi connectivity index (χ1n) is 11.5. The second-order valence-corrected chi connectivity index (χ2v) is 8.76. The fourth-order valence-corrected chi connectivity index (χ4v) is 4.39. The van der Waals surface area contributed by atoms with E-state index < -0.39 is 0 Å². The fourth-order valence-electron chi connectivity index (χ4n) is 4.39. The number of piperidine rings is 1. The largest absolute Gasteiger partial charge is 0.497 e. The molecule has 1 fully saturated rings. The summed E-state index contributed by atoms with van der Waals surface area (Å²) in [7, 11) is 3.41. The molecule has 0 aliphatic carbocycles. The number of rotatable bonds is 8. The van der Waals surface area contributed by atoms with Crippen LogP contribution in [0.1, 0.15) is 43.9 Å². The monoisotopic (exact) mass is 447 g/mol. The van der Waals surface area contributed by atoms with Gasteiger partial charge in [-0.3, -0.25) is 9.88 Å². The van der Waals surface area contributed by atoms with E-state index >= 15 is 0 Å². The Hall–Kier alpha value is -3.19. The molecule has 1 aliphatic heterocycles. The Balaban J connectivity index is 1.52. The Kier molecular flexibility index (Phi) is 7.40. The highest BCUT2D eigenvalue weighted by Crippen LogP contribution is 2.35. The summed E-state index contributed by atoms with van der Waals surface area (Å²) in [6.45, 7) is 7.03. The maximum Gasteiger partial charge on any atom is 0.223 e. The van der Waals surface area contributed by atoms with Crippen LogP contribution < -0.4 is 14.8 Å². The van der Waals surface area contributed by atoms with Gasteiger partial charge in [0.25, 0.3) is 0 Å². The van der Waals surface area contributed by atoms with Gasteiger partial charge in [0.15, 0.2) is 0 Å². The maximum atomic E-state index is 5.57. The summed E-state index contributed by atoms with van der Waals surface area (Å²) < 4.78 is 11.0. The summed E-state index contributed by atoms with van der Waals surface area (Å²) in [6.07, 6.45) is 7.71. The van der Waals surface area contributed by atoms with Gasteiger partial charge in [0, 0.05) is 53.8 Å². The van der Waals surface area contributed by atoms with E-state index in [-0.39, 0.29) is 6.04 Å². The van der Waals surface area contributed by atoms with Crippen LogP contribution in [0.4, 0.5) is 5.95 Å². The van der Waals surface area contributed by atoms with Crippen LogP contribution in [0, 0.1) is 0 Å². The molecule has 0 radical (unpaired) electrons. The van der Waals surface area contributed by atoms with Crippen LogP contribution in [-0.2, 0) is 6.54 Å². The van der Waals surface area contributed by atoms with E-state index in [1.54, 1.807) is 20.4 Å². The van der Waals surface area contributed by atoms with Gasteiger partial charge in [-0.15, -0.1) is 0 Å². The quantitative estimate of drug-likeness (QED) is 0.534. The summed E-state index contributed by atoms with van der Waals surface area (Å²) in [5, 5.41) is 3.35. The number of nitrogens with one attached hydrogen (secondary N) is 1. The summed E-state index contributed by atoms with van der Waals surface area (Å²) in [5.74, 6) is 2.82. The molecule has 0 bridgehead atoms. The van der Waals surface area contributed by atoms with E-state index in [1.165, 1.54) is 0 Å². The predicted octanol–water partition coefficient (Wildman–Crippen LogP) is 4.76. The topological polar surface area (TPSA) is 72.4 Å². The summed E-state index contributed by atoms with van der Waals surface area (Å²) in [4.78, 5) is 16.3. The minimum absolute atomic E-state index is 0.279. The summed E-state index contributed by atoms with van der Waals surface area (Å²) in [5.41, 5.74) is 4.40. The lowest BCUT2D eigenvalue weighted by atomic mass is 9.89. The van der Waals surface area contributed by atoms with Crippen molar-refractivity contribution in [3.63, 3.8) is 0 Å². The zero-order chi connectivity index (χ0) is 23.2. The van der Waals surface area contributed by atoms with Crippen molar-refractivity contribution in [1.29, 1.82) is 0 Å². The molecule has 7 nitrogen and oxygen atoms in total.